The summed E-state index contributed by atoms with van der Waals surface area (Å²) in [7, 11) is 3.22. The average Bonchev–Trinajstić information content (AvgIpc) is 2.25. The molecule has 0 fully saturated rings. The Morgan fingerprint density at radius 3 is 2.18 bits per heavy atom. The molecule has 0 spiro atoms. The number of anilines is 1. The van der Waals surface area contributed by atoms with Crippen molar-refractivity contribution in [1.82, 2.24) is 0 Å². The molecule has 4 nitrogen and oxygen atoms in total. The summed E-state index contributed by atoms with van der Waals surface area (Å²) in [6.45, 7) is 5.98. The fourth-order valence-corrected chi connectivity index (χ4v) is 1.48. The first-order valence-corrected chi connectivity index (χ1v) is 5.56. The quantitative estimate of drug-likeness (QED) is 0.827. The molecule has 0 aliphatic rings. The molecule has 0 heterocycles. The van der Waals surface area contributed by atoms with Crippen molar-refractivity contribution in [2.45, 2.75) is 26.4 Å². The predicted octanol–water partition coefficient (Wildman–Crippen LogP) is 2.20. The van der Waals surface area contributed by atoms with Gasteiger partial charge >= 0.3 is 0 Å². The van der Waals surface area contributed by atoms with Gasteiger partial charge in [0.15, 0.2) is 11.5 Å². The molecule has 1 rings (SSSR count). The number of benzene rings is 1. The first-order chi connectivity index (χ1) is 7.87. The molecule has 0 atom stereocenters. The number of nitrogens with one attached hydrogen (secondary N) is 1. The van der Waals surface area contributed by atoms with Crippen molar-refractivity contribution in [1.29, 1.82) is 0 Å². The molecule has 0 saturated carbocycles. The molecule has 4 heteroatoms. The Hall–Kier alpha value is -1.42. The predicted molar refractivity (Wildman–Crippen MR) is 69.1 cm³/mol. The Labute approximate surface area is 103 Å². The minimum Gasteiger partial charge on any atom is -0.493 e. The fraction of sp³-hybridized carbons (Fsp3) is 0.538. The lowest BCUT2D eigenvalue weighted by atomic mass is 10.1. The van der Waals surface area contributed by atoms with Gasteiger partial charge in [-0.15, -0.1) is 0 Å². The van der Waals surface area contributed by atoms with Crippen LogP contribution in [0.4, 0.5) is 5.69 Å². The first-order valence-electron chi connectivity index (χ1n) is 5.56. The summed E-state index contributed by atoms with van der Waals surface area (Å²) in [6, 6.07) is 3.78. The van der Waals surface area contributed by atoms with Gasteiger partial charge in [-0.3, -0.25) is 0 Å². The third kappa shape index (κ3) is 3.82. The SMILES string of the molecule is COc1cc(C)c(NCC(C)(C)O)cc1OC. The van der Waals surface area contributed by atoms with Crippen LogP contribution in [-0.4, -0.2) is 31.5 Å². The highest BCUT2D eigenvalue weighted by Gasteiger charge is 2.14. The lowest BCUT2D eigenvalue weighted by molar-refractivity contribution is 0.0945. The molecule has 0 saturated heterocycles. The maximum absolute atomic E-state index is 9.68. The van der Waals surface area contributed by atoms with Crippen LogP contribution in [0.2, 0.25) is 0 Å². The molecule has 0 bridgehead atoms. The van der Waals surface area contributed by atoms with Crippen LogP contribution < -0.4 is 14.8 Å². The van der Waals surface area contributed by atoms with Crippen LogP contribution >= 0.6 is 0 Å². The van der Waals surface area contributed by atoms with Crippen molar-refractivity contribution in [3.63, 3.8) is 0 Å². The molecular formula is C13H21NO3. The van der Waals surface area contributed by atoms with Gasteiger partial charge in [0.25, 0.3) is 0 Å². The summed E-state index contributed by atoms with van der Waals surface area (Å²) >= 11 is 0. The minimum absolute atomic E-state index is 0.476. The van der Waals surface area contributed by atoms with Crippen molar-refractivity contribution in [2.24, 2.45) is 0 Å². The highest BCUT2D eigenvalue weighted by Crippen LogP contribution is 2.32. The molecule has 0 unspecified atom stereocenters. The van der Waals surface area contributed by atoms with Gasteiger partial charge in [0.2, 0.25) is 0 Å². The van der Waals surface area contributed by atoms with Crippen molar-refractivity contribution < 1.29 is 14.6 Å². The van der Waals surface area contributed by atoms with E-state index in [1.54, 1.807) is 28.1 Å². The molecular weight excluding hydrogens is 218 g/mol. The van der Waals surface area contributed by atoms with E-state index >= 15 is 0 Å². The number of hydrogen-bond acceptors (Lipinski definition) is 4. The second-order valence-corrected chi connectivity index (χ2v) is 4.69. The van der Waals surface area contributed by atoms with E-state index in [0.717, 1.165) is 11.3 Å². The van der Waals surface area contributed by atoms with Crippen molar-refractivity contribution in [3.8, 4) is 11.5 Å². The highest BCUT2D eigenvalue weighted by atomic mass is 16.5. The summed E-state index contributed by atoms with van der Waals surface area (Å²) in [5.41, 5.74) is 1.23. The highest BCUT2D eigenvalue weighted by molar-refractivity contribution is 5.60. The van der Waals surface area contributed by atoms with E-state index in [9.17, 15) is 5.11 Å². The number of methoxy groups -OCH3 is 2. The summed E-state index contributed by atoms with van der Waals surface area (Å²) in [5, 5.41) is 12.9. The molecule has 2 N–H and O–H groups in total. The zero-order valence-electron chi connectivity index (χ0n) is 11.1. The van der Waals surface area contributed by atoms with Gasteiger partial charge in [-0.05, 0) is 32.4 Å². The number of aliphatic hydroxyl groups is 1. The monoisotopic (exact) mass is 239 g/mol. The van der Waals surface area contributed by atoms with E-state index in [1.807, 2.05) is 19.1 Å². The second-order valence-electron chi connectivity index (χ2n) is 4.69. The molecule has 0 aliphatic heterocycles. The van der Waals surface area contributed by atoms with Crippen LogP contribution in [0.1, 0.15) is 19.4 Å². The number of ether oxygens (including phenoxy) is 2. The lowest BCUT2D eigenvalue weighted by Crippen LogP contribution is -2.29. The molecule has 0 aromatic heterocycles. The smallest absolute Gasteiger partial charge is 0.162 e. The van der Waals surface area contributed by atoms with Gasteiger partial charge in [-0.25, -0.2) is 0 Å². The van der Waals surface area contributed by atoms with Crippen molar-refractivity contribution >= 4 is 5.69 Å². The number of rotatable bonds is 5. The van der Waals surface area contributed by atoms with E-state index in [2.05, 4.69) is 5.32 Å². The van der Waals surface area contributed by atoms with E-state index in [1.165, 1.54) is 0 Å². The largest absolute Gasteiger partial charge is 0.493 e. The normalized spacial score (nSPS) is 11.2. The fourth-order valence-electron chi connectivity index (χ4n) is 1.48. The summed E-state index contributed by atoms with van der Waals surface area (Å²) < 4.78 is 10.5. The average molecular weight is 239 g/mol. The van der Waals surface area contributed by atoms with Crippen LogP contribution in [0.5, 0.6) is 11.5 Å². The Morgan fingerprint density at radius 2 is 1.71 bits per heavy atom. The molecule has 17 heavy (non-hydrogen) atoms. The number of aryl methyl sites for hydroxylation is 1. The van der Waals surface area contributed by atoms with Gasteiger partial charge in [-0.2, -0.15) is 0 Å². The standard InChI is InChI=1S/C13H21NO3/c1-9-6-11(16-4)12(17-5)7-10(9)14-8-13(2,3)15/h6-7,14-15H,8H2,1-5H3. The van der Waals surface area contributed by atoms with Crippen molar-refractivity contribution in [3.05, 3.63) is 17.7 Å². The van der Waals surface area contributed by atoms with Crippen LogP contribution in [0.25, 0.3) is 0 Å². The third-order valence-corrected chi connectivity index (χ3v) is 2.44. The van der Waals surface area contributed by atoms with E-state index < -0.39 is 5.60 Å². The third-order valence-electron chi connectivity index (χ3n) is 2.44. The zero-order valence-corrected chi connectivity index (χ0v) is 11.1. The Balaban J connectivity index is 2.93. The molecule has 0 aliphatic carbocycles. The Bertz CT molecular complexity index is 383. The molecule has 0 radical (unpaired) electrons. The van der Waals surface area contributed by atoms with E-state index in [4.69, 9.17) is 9.47 Å². The first kappa shape index (κ1) is 13.6. The van der Waals surface area contributed by atoms with Crippen LogP contribution in [0.3, 0.4) is 0 Å². The van der Waals surface area contributed by atoms with Crippen LogP contribution in [0.15, 0.2) is 12.1 Å². The van der Waals surface area contributed by atoms with Crippen LogP contribution in [0, 0.1) is 6.92 Å². The van der Waals surface area contributed by atoms with Gasteiger partial charge < -0.3 is 19.9 Å². The number of hydrogen-bond donors (Lipinski definition) is 2. The van der Waals surface area contributed by atoms with Crippen molar-refractivity contribution in [2.75, 3.05) is 26.1 Å². The summed E-state index contributed by atoms with van der Waals surface area (Å²) in [4.78, 5) is 0. The molecule has 96 valence electrons. The topological polar surface area (TPSA) is 50.7 Å². The maximum atomic E-state index is 9.68. The minimum atomic E-state index is -0.750. The maximum Gasteiger partial charge on any atom is 0.162 e. The van der Waals surface area contributed by atoms with Gasteiger partial charge in [0.1, 0.15) is 0 Å². The summed E-state index contributed by atoms with van der Waals surface area (Å²) in [5.74, 6) is 1.38. The Morgan fingerprint density at radius 1 is 1.18 bits per heavy atom. The molecule has 1 aromatic rings. The Kier molecular flexibility index (Phi) is 4.23. The van der Waals surface area contributed by atoms with Gasteiger partial charge in [0, 0.05) is 18.3 Å². The molecule has 0 amide bonds. The van der Waals surface area contributed by atoms with Gasteiger partial charge in [-0.1, -0.05) is 0 Å². The van der Waals surface area contributed by atoms with E-state index in [-0.39, 0.29) is 0 Å². The summed E-state index contributed by atoms with van der Waals surface area (Å²) in [6.07, 6.45) is 0. The van der Waals surface area contributed by atoms with Crippen LogP contribution in [-0.2, 0) is 0 Å². The lowest BCUT2D eigenvalue weighted by Gasteiger charge is -2.20. The zero-order chi connectivity index (χ0) is 13.1. The van der Waals surface area contributed by atoms with E-state index in [0.29, 0.717) is 18.0 Å². The second kappa shape index (κ2) is 5.27. The molecule has 1 aromatic carbocycles. The van der Waals surface area contributed by atoms with Gasteiger partial charge in [0.05, 0.1) is 19.8 Å².